The molecule has 1 amide bonds. The molecular formula is C18H20N2O2. The summed E-state index contributed by atoms with van der Waals surface area (Å²) in [7, 11) is 0. The summed E-state index contributed by atoms with van der Waals surface area (Å²) in [6.07, 6.45) is 2.55. The SMILES string of the molecule is O=C(NC1[C@@H]2CC3C[C@@H]1CN(C3)C2)c1cc2ccccc2o1. The fraction of sp³-hybridized carbons (Fsp3) is 0.500. The minimum absolute atomic E-state index is 0.0522. The van der Waals surface area contributed by atoms with Gasteiger partial charge in [0.05, 0.1) is 0 Å². The molecule has 22 heavy (non-hydrogen) atoms. The zero-order valence-electron chi connectivity index (χ0n) is 12.5. The number of para-hydroxylation sites is 1. The van der Waals surface area contributed by atoms with Crippen LogP contribution in [0.2, 0.25) is 0 Å². The van der Waals surface area contributed by atoms with E-state index < -0.39 is 0 Å². The molecule has 4 nitrogen and oxygen atoms in total. The third kappa shape index (κ3) is 1.90. The van der Waals surface area contributed by atoms with Gasteiger partial charge in [0.25, 0.3) is 5.91 Å². The van der Waals surface area contributed by atoms with E-state index in [1.165, 1.54) is 19.4 Å². The first-order valence-electron chi connectivity index (χ1n) is 8.28. The predicted octanol–water partition coefficient (Wildman–Crippen LogP) is 2.50. The molecule has 1 aliphatic carbocycles. The molecule has 0 spiro atoms. The zero-order valence-corrected chi connectivity index (χ0v) is 12.5. The van der Waals surface area contributed by atoms with E-state index in [2.05, 4.69) is 10.2 Å². The van der Waals surface area contributed by atoms with Crippen LogP contribution in [0.25, 0.3) is 11.0 Å². The first-order chi connectivity index (χ1) is 10.8. The van der Waals surface area contributed by atoms with E-state index in [0.717, 1.165) is 30.0 Å². The number of fused-ring (bicyclic) bond motifs is 1. The average molecular weight is 296 g/mol. The number of furan rings is 1. The Morgan fingerprint density at radius 3 is 2.64 bits per heavy atom. The minimum atomic E-state index is -0.0522. The van der Waals surface area contributed by atoms with Crippen molar-refractivity contribution >= 4 is 16.9 Å². The third-order valence-electron chi connectivity index (χ3n) is 5.74. The number of rotatable bonds is 2. The second-order valence-corrected chi connectivity index (χ2v) is 7.22. The Kier molecular flexibility index (Phi) is 2.65. The molecule has 4 fully saturated rings. The number of hydrogen-bond acceptors (Lipinski definition) is 3. The van der Waals surface area contributed by atoms with Gasteiger partial charge in [-0.1, -0.05) is 18.2 Å². The van der Waals surface area contributed by atoms with Gasteiger partial charge in [-0.05, 0) is 42.7 Å². The molecule has 1 N–H and O–H groups in total. The summed E-state index contributed by atoms with van der Waals surface area (Å²) in [5.74, 6) is 2.50. The van der Waals surface area contributed by atoms with Gasteiger partial charge in [0, 0.05) is 31.1 Å². The van der Waals surface area contributed by atoms with Gasteiger partial charge in [0.1, 0.15) is 5.58 Å². The summed E-state index contributed by atoms with van der Waals surface area (Å²) in [5, 5.41) is 4.27. The van der Waals surface area contributed by atoms with Crippen molar-refractivity contribution < 1.29 is 9.21 Å². The normalized spacial score (nSPS) is 35.9. The number of nitrogens with one attached hydrogen (secondary N) is 1. The van der Waals surface area contributed by atoms with E-state index in [0.29, 0.717) is 23.6 Å². The maximum atomic E-state index is 12.6. The second kappa shape index (κ2) is 4.59. The summed E-state index contributed by atoms with van der Waals surface area (Å²) in [4.78, 5) is 15.2. The average Bonchev–Trinajstić information content (AvgIpc) is 2.94. The monoisotopic (exact) mass is 296 g/mol. The topological polar surface area (TPSA) is 45.5 Å². The summed E-state index contributed by atoms with van der Waals surface area (Å²) in [6, 6.07) is 9.96. The molecule has 4 bridgehead atoms. The fourth-order valence-corrected chi connectivity index (χ4v) is 4.96. The van der Waals surface area contributed by atoms with Gasteiger partial charge in [0.2, 0.25) is 0 Å². The molecule has 6 rings (SSSR count). The van der Waals surface area contributed by atoms with Crippen molar-refractivity contribution in [2.75, 3.05) is 19.6 Å². The van der Waals surface area contributed by atoms with Crippen LogP contribution in [-0.4, -0.2) is 36.5 Å². The summed E-state index contributed by atoms with van der Waals surface area (Å²) in [6.45, 7) is 3.58. The Morgan fingerprint density at radius 2 is 1.91 bits per heavy atom. The van der Waals surface area contributed by atoms with Crippen LogP contribution in [0.1, 0.15) is 23.4 Å². The molecule has 2 aromatic rings. The van der Waals surface area contributed by atoms with E-state index >= 15 is 0 Å². The van der Waals surface area contributed by atoms with Crippen LogP contribution in [-0.2, 0) is 0 Å². The van der Waals surface area contributed by atoms with Crippen molar-refractivity contribution in [3.8, 4) is 0 Å². The highest BCUT2D eigenvalue weighted by atomic mass is 16.3. The number of amides is 1. The Balaban J connectivity index is 1.38. The number of benzene rings is 1. The Labute approximate surface area is 129 Å². The lowest BCUT2D eigenvalue weighted by atomic mass is 9.65. The highest BCUT2D eigenvalue weighted by Gasteiger charge is 2.48. The van der Waals surface area contributed by atoms with Crippen LogP contribution in [0.5, 0.6) is 0 Å². The van der Waals surface area contributed by atoms with Crippen molar-refractivity contribution in [1.29, 1.82) is 0 Å². The molecule has 1 aromatic carbocycles. The maximum absolute atomic E-state index is 12.6. The van der Waals surface area contributed by atoms with Crippen molar-refractivity contribution in [2.24, 2.45) is 17.8 Å². The van der Waals surface area contributed by atoms with E-state index in [1.54, 1.807) is 0 Å². The predicted molar refractivity (Wildman–Crippen MR) is 83.6 cm³/mol. The Hall–Kier alpha value is -1.81. The molecule has 1 aromatic heterocycles. The minimum Gasteiger partial charge on any atom is -0.451 e. The lowest BCUT2D eigenvalue weighted by Crippen LogP contribution is -2.64. The van der Waals surface area contributed by atoms with Crippen LogP contribution < -0.4 is 5.32 Å². The van der Waals surface area contributed by atoms with Crippen LogP contribution in [0.4, 0.5) is 0 Å². The molecule has 0 unspecified atom stereocenters. The second-order valence-electron chi connectivity index (χ2n) is 7.22. The van der Waals surface area contributed by atoms with Crippen molar-refractivity contribution in [3.05, 3.63) is 36.1 Å². The number of hydrogen-bond donors (Lipinski definition) is 1. The van der Waals surface area contributed by atoms with Gasteiger partial charge in [-0.15, -0.1) is 0 Å². The molecule has 114 valence electrons. The molecule has 4 heterocycles. The molecule has 4 heteroatoms. The quantitative estimate of drug-likeness (QED) is 0.926. The molecule has 0 radical (unpaired) electrons. The number of piperidine rings is 3. The zero-order chi connectivity index (χ0) is 14.7. The van der Waals surface area contributed by atoms with Gasteiger partial charge in [-0.25, -0.2) is 0 Å². The van der Waals surface area contributed by atoms with Gasteiger partial charge < -0.3 is 14.6 Å². The molecule has 2 atom stereocenters. The first kappa shape index (κ1) is 12.7. The standard InChI is InChI=1S/C18H20N2O2/c21-18(16-7-12-3-1-2-4-15(12)22-16)19-17-13-5-11-6-14(17)10-20(8-11)9-13/h1-4,7,11,13-14,17H,5-6,8-10H2,(H,19,21)/t11?,13-,14-,17?/m1/s1. The summed E-state index contributed by atoms with van der Waals surface area (Å²) < 4.78 is 5.70. The largest absolute Gasteiger partial charge is 0.451 e. The highest BCUT2D eigenvalue weighted by molar-refractivity contribution is 5.96. The maximum Gasteiger partial charge on any atom is 0.287 e. The van der Waals surface area contributed by atoms with Gasteiger partial charge in [-0.2, -0.15) is 0 Å². The fourth-order valence-electron chi connectivity index (χ4n) is 4.96. The van der Waals surface area contributed by atoms with Crippen molar-refractivity contribution in [1.82, 2.24) is 10.2 Å². The molecule has 3 aliphatic heterocycles. The summed E-state index contributed by atoms with van der Waals surface area (Å²) >= 11 is 0. The number of nitrogens with zero attached hydrogens (tertiary/aromatic N) is 1. The third-order valence-corrected chi connectivity index (χ3v) is 5.74. The molecule has 3 saturated heterocycles. The Bertz CT molecular complexity index is 675. The summed E-state index contributed by atoms with van der Waals surface area (Å²) in [5.41, 5.74) is 0.781. The van der Waals surface area contributed by atoms with Crippen LogP contribution >= 0.6 is 0 Å². The van der Waals surface area contributed by atoms with E-state index in [1.807, 2.05) is 30.3 Å². The van der Waals surface area contributed by atoms with E-state index in [4.69, 9.17) is 4.42 Å². The van der Waals surface area contributed by atoms with Gasteiger partial charge >= 0.3 is 0 Å². The van der Waals surface area contributed by atoms with Crippen LogP contribution in [0.15, 0.2) is 34.7 Å². The molecule has 4 aliphatic rings. The lowest BCUT2D eigenvalue weighted by Gasteiger charge is -2.55. The van der Waals surface area contributed by atoms with Crippen LogP contribution in [0, 0.1) is 17.8 Å². The lowest BCUT2D eigenvalue weighted by molar-refractivity contribution is -0.0420. The first-order valence-corrected chi connectivity index (χ1v) is 8.28. The number of carbonyl (C=O) groups excluding carboxylic acids is 1. The van der Waals surface area contributed by atoms with E-state index in [-0.39, 0.29) is 5.91 Å². The molecular weight excluding hydrogens is 276 g/mol. The Morgan fingerprint density at radius 1 is 1.14 bits per heavy atom. The van der Waals surface area contributed by atoms with Crippen LogP contribution in [0.3, 0.4) is 0 Å². The van der Waals surface area contributed by atoms with Crippen molar-refractivity contribution in [2.45, 2.75) is 18.9 Å². The van der Waals surface area contributed by atoms with Gasteiger partial charge in [0.15, 0.2) is 5.76 Å². The van der Waals surface area contributed by atoms with E-state index in [9.17, 15) is 4.79 Å². The smallest absolute Gasteiger partial charge is 0.287 e. The highest BCUT2D eigenvalue weighted by Crippen LogP contribution is 2.43. The number of carbonyl (C=O) groups is 1. The van der Waals surface area contributed by atoms with Gasteiger partial charge in [-0.3, -0.25) is 4.79 Å². The molecule has 1 saturated carbocycles. The van der Waals surface area contributed by atoms with Crippen molar-refractivity contribution in [3.63, 3.8) is 0 Å².